The van der Waals surface area contributed by atoms with E-state index >= 15 is 0 Å². The molecule has 3 aromatic rings. The number of pyridine rings is 2. The summed E-state index contributed by atoms with van der Waals surface area (Å²) < 4.78 is 0. The molecule has 0 amide bonds. The molecule has 2 aromatic heterocycles. The Kier molecular flexibility index (Phi) is 3.38. The lowest BCUT2D eigenvalue weighted by molar-refractivity contribution is 0.103. The van der Waals surface area contributed by atoms with Gasteiger partial charge in [0.25, 0.3) is 0 Å². The number of hydrogen-bond acceptors (Lipinski definition) is 3. The Morgan fingerprint density at radius 1 is 0.950 bits per heavy atom. The van der Waals surface area contributed by atoms with Crippen LogP contribution in [-0.2, 0) is 0 Å². The van der Waals surface area contributed by atoms with E-state index in [0.717, 1.165) is 5.39 Å². The first-order valence-electron chi connectivity index (χ1n) is 5.86. The highest BCUT2D eigenvalue weighted by Gasteiger charge is 2.10. The molecule has 0 bridgehead atoms. The summed E-state index contributed by atoms with van der Waals surface area (Å²) in [6, 6.07) is 10.3. The van der Waals surface area contributed by atoms with E-state index in [-0.39, 0.29) is 10.9 Å². The number of hydrogen-bond donors (Lipinski definition) is 0. The van der Waals surface area contributed by atoms with E-state index in [2.05, 4.69) is 9.97 Å². The summed E-state index contributed by atoms with van der Waals surface area (Å²) in [5.41, 5.74) is 1.77. The molecule has 0 saturated heterocycles. The zero-order valence-corrected chi connectivity index (χ0v) is 11.7. The van der Waals surface area contributed by atoms with Gasteiger partial charge in [0, 0.05) is 28.9 Å². The predicted octanol–water partition coefficient (Wildman–Crippen LogP) is 4.17. The second-order valence-electron chi connectivity index (χ2n) is 4.23. The molecule has 98 valence electrons. The molecule has 3 rings (SSSR count). The van der Waals surface area contributed by atoms with Crippen molar-refractivity contribution in [2.45, 2.75) is 0 Å². The van der Waals surface area contributed by atoms with Crippen LogP contribution in [0.1, 0.15) is 15.9 Å². The van der Waals surface area contributed by atoms with Crippen LogP contribution in [0.15, 0.2) is 48.8 Å². The summed E-state index contributed by atoms with van der Waals surface area (Å²) in [4.78, 5) is 20.4. The van der Waals surface area contributed by atoms with Crippen LogP contribution >= 0.6 is 23.2 Å². The molecule has 0 aliphatic carbocycles. The van der Waals surface area contributed by atoms with Crippen molar-refractivity contribution < 1.29 is 4.79 Å². The van der Waals surface area contributed by atoms with Gasteiger partial charge in [-0.2, -0.15) is 0 Å². The van der Waals surface area contributed by atoms with Crippen LogP contribution in [0.5, 0.6) is 0 Å². The van der Waals surface area contributed by atoms with E-state index in [4.69, 9.17) is 23.2 Å². The molecular formula is C15H8Cl2N2O. The van der Waals surface area contributed by atoms with E-state index in [1.54, 1.807) is 48.8 Å². The topological polar surface area (TPSA) is 42.9 Å². The second-order valence-corrected chi connectivity index (χ2v) is 5.00. The minimum absolute atomic E-state index is 0.0813. The van der Waals surface area contributed by atoms with Gasteiger partial charge in [0.1, 0.15) is 5.15 Å². The number of carbonyl (C=O) groups is 1. The third kappa shape index (κ3) is 2.38. The molecule has 0 aliphatic rings. The van der Waals surface area contributed by atoms with Gasteiger partial charge in [-0.05, 0) is 24.3 Å². The fourth-order valence-corrected chi connectivity index (χ4v) is 2.23. The van der Waals surface area contributed by atoms with Gasteiger partial charge in [-0.3, -0.25) is 9.78 Å². The Morgan fingerprint density at radius 2 is 1.70 bits per heavy atom. The number of benzene rings is 1. The summed E-state index contributed by atoms with van der Waals surface area (Å²) in [7, 11) is 0. The smallest absolute Gasteiger partial charge is 0.193 e. The van der Waals surface area contributed by atoms with Crippen LogP contribution in [0.4, 0.5) is 0 Å². The zero-order valence-electron chi connectivity index (χ0n) is 10.2. The van der Waals surface area contributed by atoms with Crippen molar-refractivity contribution in [2.24, 2.45) is 0 Å². The highest BCUT2D eigenvalue weighted by Crippen LogP contribution is 2.25. The first kappa shape index (κ1) is 13.0. The van der Waals surface area contributed by atoms with Crippen molar-refractivity contribution >= 4 is 39.9 Å². The summed E-state index contributed by atoms with van der Waals surface area (Å²) in [5, 5.41) is 1.46. The van der Waals surface area contributed by atoms with Crippen molar-refractivity contribution in [2.75, 3.05) is 0 Å². The van der Waals surface area contributed by atoms with Crippen LogP contribution in [-0.4, -0.2) is 15.8 Å². The van der Waals surface area contributed by atoms with Gasteiger partial charge in [-0.15, -0.1) is 0 Å². The number of ketones is 1. The monoisotopic (exact) mass is 302 g/mol. The van der Waals surface area contributed by atoms with Crippen LogP contribution in [0.2, 0.25) is 10.2 Å². The van der Waals surface area contributed by atoms with Gasteiger partial charge in [-0.25, -0.2) is 4.98 Å². The van der Waals surface area contributed by atoms with E-state index in [9.17, 15) is 4.79 Å². The highest BCUT2D eigenvalue weighted by atomic mass is 35.5. The van der Waals surface area contributed by atoms with E-state index in [1.165, 1.54) is 0 Å². The maximum Gasteiger partial charge on any atom is 0.193 e. The summed E-state index contributed by atoms with van der Waals surface area (Å²) in [6.07, 6.45) is 3.17. The Morgan fingerprint density at radius 3 is 2.45 bits per heavy atom. The number of carbonyl (C=O) groups excluding carboxylic acids is 1. The van der Waals surface area contributed by atoms with Crippen molar-refractivity contribution in [3.05, 3.63) is 70.1 Å². The van der Waals surface area contributed by atoms with Gasteiger partial charge in [0.2, 0.25) is 0 Å². The minimum Gasteiger partial charge on any atom is -0.289 e. The molecule has 0 fully saturated rings. The molecular weight excluding hydrogens is 295 g/mol. The average Bonchev–Trinajstić information content (AvgIpc) is 2.48. The van der Waals surface area contributed by atoms with Crippen LogP contribution in [0.3, 0.4) is 0 Å². The Labute approximate surface area is 125 Å². The standard InChI is InChI=1S/C15H8Cl2N2O/c16-12-7-10-1-2-11(8-13(10)19-15(12)17)14(20)9-3-5-18-6-4-9/h1-8H. The maximum atomic E-state index is 12.3. The number of aromatic nitrogens is 2. The molecule has 5 heteroatoms. The molecule has 0 aliphatic heterocycles. The van der Waals surface area contributed by atoms with Crippen LogP contribution in [0, 0.1) is 0 Å². The Bertz CT molecular complexity index is 804. The molecule has 20 heavy (non-hydrogen) atoms. The van der Waals surface area contributed by atoms with Gasteiger partial charge in [0.15, 0.2) is 5.78 Å². The van der Waals surface area contributed by atoms with Gasteiger partial charge in [-0.1, -0.05) is 35.3 Å². The molecule has 0 N–H and O–H groups in total. The van der Waals surface area contributed by atoms with E-state index < -0.39 is 0 Å². The van der Waals surface area contributed by atoms with Crippen molar-refractivity contribution in [1.82, 2.24) is 9.97 Å². The van der Waals surface area contributed by atoms with Crippen molar-refractivity contribution in [3.8, 4) is 0 Å². The third-order valence-corrected chi connectivity index (χ3v) is 3.61. The molecule has 0 atom stereocenters. The average molecular weight is 303 g/mol. The summed E-state index contributed by atoms with van der Waals surface area (Å²) >= 11 is 11.8. The fraction of sp³-hybridized carbons (Fsp3) is 0. The van der Waals surface area contributed by atoms with Crippen LogP contribution in [0.25, 0.3) is 10.9 Å². The maximum absolute atomic E-state index is 12.3. The van der Waals surface area contributed by atoms with Gasteiger partial charge >= 0.3 is 0 Å². The second kappa shape index (κ2) is 5.19. The zero-order chi connectivity index (χ0) is 14.1. The molecule has 3 nitrogen and oxygen atoms in total. The first-order chi connectivity index (χ1) is 9.65. The third-order valence-electron chi connectivity index (χ3n) is 2.93. The highest BCUT2D eigenvalue weighted by molar-refractivity contribution is 6.41. The SMILES string of the molecule is O=C(c1ccncc1)c1ccc2cc(Cl)c(Cl)nc2c1. The van der Waals surface area contributed by atoms with Crippen LogP contribution < -0.4 is 0 Å². The first-order valence-corrected chi connectivity index (χ1v) is 6.61. The molecule has 1 aromatic carbocycles. The molecule has 0 saturated carbocycles. The number of nitrogens with zero attached hydrogens (tertiary/aromatic N) is 2. The summed E-state index contributed by atoms with van der Waals surface area (Å²) in [6.45, 7) is 0. The lowest BCUT2D eigenvalue weighted by Gasteiger charge is -2.04. The fourth-order valence-electron chi connectivity index (χ4n) is 1.93. The van der Waals surface area contributed by atoms with E-state index in [1.807, 2.05) is 0 Å². The Balaban J connectivity index is 2.09. The van der Waals surface area contributed by atoms with Gasteiger partial charge in [0.05, 0.1) is 10.5 Å². The largest absolute Gasteiger partial charge is 0.289 e. The lowest BCUT2D eigenvalue weighted by Crippen LogP contribution is -2.01. The minimum atomic E-state index is -0.0813. The number of fused-ring (bicyclic) bond motifs is 1. The van der Waals surface area contributed by atoms with Crippen molar-refractivity contribution in [1.29, 1.82) is 0 Å². The normalized spacial score (nSPS) is 10.7. The predicted molar refractivity (Wildman–Crippen MR) is 79.4 cm³/mol. The molecule has 0 spiro atoms. The Hall–Kier alpha value is -1.97. The van der Waals surface area contributed by atoms with Crippen molar-refractivity contribution in [3.63, 3.8) is 0 Å². The van der Waals surface area contributed by atoms with E-state index in [0.29, 0.717) is 21.7 Å². The quantitative estimate of drug-likeness (QED) is 0.527. The lowest BCUT2D eigenvalue weighted by atomic mass is 10.0. The number of halogens is 2. The summed E-state index contributed by atoms with van der Waals surface area (Å²) in [5.74, 6) is -0.0813. The van der Waals surface area contributed by atoms with Gasteiger partial charge < -0.3 is 0 Å². The number of rotatable bonds is 2. The molecule has 2 heterocycles. The molecule has 0 radical (unpaired) electrons. The molecule has 0 unspecified atom stereocenters.